The zero-order valence-corrected chi connectivity index (χ0v) is 17.4. The number of aliphatic imine (C=N–C) groups is 1. The predicted molar refractivity (Wildman–Crippen MR) is 115 cm³/mol. The molecule has 0 bridgehead atoms. The second-order valence-electron chi connectivity index (χ2n) is 7.56. The summed E-state index contributed by atoms with van der Waals surface area (Å²) in [6, 6.07) is 14.1. The van der Waals surface area contributed by atoms with Crippen molar-refractivity contribution in [1.82, 2.24) is 10.6 Å². The Bertz CT molecular complexity index is 829. The van der Waals surface area contributed by atoms with E-state index in [4.69, 9.17) is 4.74 Å². The minimum Gasteiger partial charge on any atom is -0.444 e. The third-order valence-electron chi connectivity index (χ3n) is 3.88. The molecule has 0 aliphatic heterocycles. The number of ether oxygens (including phenoxy) is 1. The molecule has 0 heterocycles. The number of nitrogens with one attached hydrogen (secondary N) is 3. The fourth-order valence-corrected chi connectivity index (χ4v) is 2.55. The highest BCUT2D eigenvalue weighted by Crippen LogP contribution is 2.13. The van der Waals surface area contributed by atoms with Crippen LogP contribution in [0, 0.1) is 5.82 Å². The minimum absolute atomic E-state index is 0.253. The maximum absolute atomic E-state index is 13.2. The van der Waals surface area contributed by atoms with Gasteiger partial charge in [0.1, 0.15) is 11.4 Å². The summed E-state index contributed by atoms with van der Waals surface area (Å²) in [7, 11) is 1.69. The molecule has 6 nitrogen and oxygen atoms in total. The van der Waals surface area contributed by atoms with E-state index < -0.39 is 11.7 Å². The van der Waals surface area contributed by atoms with E-state index in [-0.39, 0.29) is 5.82 Å². The van der Waals surface area contributed by atoms with Gasteiger partial charge in [-0.05, 0) is 62.6 Å². The lowest BCUT2D eigenvalue weighted by atomic mass is 10.1. The van der Waals surface area contributed by atoms with E-state index in [1.807, 2.05) is 51.1 Å². The number of anilines is 1. The Labute approximate surface area is 171 Å². The third kappa shape index (κ3) is 8.64. The standard InChI is InChI=1S/C22H29FN4O2/c1-22(2,3)29-21(28)27-19-10-8-16(9-11-19)12-13-25-20(24-4)26-15-17-6-5-7-18(23)14-17/h5-11,14H,12-13,15H2,1-4H3,(H,27,28)(H2,24,25,26). The van der Waals surface area contributed by atoms with Crippen LogP contribution in [0.2, 0.25) is 0 Å². The molecule has 29 heavy (non-hydrogen) atoms. The Hall–Kier alpha value is -3.09. The highest BCUT2D eigenvalue weighted by molar-refractivity contribution is 5.84. The lowest BCUT2D eigenvalue weighted by Crippen LogP contribution is -2.37. The Balaban J connectivity index is 1.75. The lowest BCUT2D eigenvalue weighted by Gasteiger charge is -2.19. The summed E-state index contributed by atoms with van der Waals surface area (Å²) in [5, 5.41) is 9.10. The molecule has 0 aromatic heterocycles. The van der Waals surface area contributed by atoms with Gasteiger partial charge in [-0.25, -0.2) is 9.18 Å². The van der Waals surface area contributed by atoms with Crippen molar-refractivity contribution >= 4 is 17.7 Å². The summed E-state index contributed by atoms with van der Waals surface area (Å²) in [5.74, 6) is 0.398. The van der Waals surface area contributed by atoms with Crippen molar-refractivity contribution in [2.75, 3.05) is 18.9 Å². The molecule has 3 N–H and O–H groups in total. The second kappa shape index (κ2) is 10.5. The van der Waals surface area contributed by atoms with E-state index in [2.05, 4.69) is 20.9 Å². The van der Waals surface area contributed by atoms with E-state index in [1.165, 1.54) is 12.1 Å². The largest absolute Gasteiger partial charge is 0.444 e. The van der Waals surface area contributed by atoms with Gasteiger partial charge in [-0.15, -0.1) is 0 Å². The first-order chi connectivity index (χ1) is 13.7. The molecule has 0 atom stereocenters. The Kier molecular flexibility index (Phi) is 8.00. The van der Waals surface area contributed by atoms with Gasteiger partial charge in [-0.1, -0.05) is 24.3 Å². The maximum Gasteiger partial charge on any atom is 0.412 e. The van der Waals surface area contributed by atoms with Crippen LogP contribution in [0.1, 0.15) is 31.9 Å². The molecule has 0 aliphatic carbocycles. The zero-order valence-electron chi connectivity index (χ0n) is 17.4. The van der Waals surface area contributed by atoms with Gasteiger partial charge >= 0.3 is 6.09 Å². The van der Waals surface area contributed by atoms with Gasteiger partial charge in [0.2, 0.25) is 0 Å². The van der Waals surface area contributed by atoms with E-state index in [0.717, 1.165) is 17.5 Å². The SMILES string of the molecule is CN=C(NCCc1ccc(NC(=O)OC(C)(C)C)cc1)NCc1cccc(F)c1. The number of halogens is 1. The van der Waals surface area contributed by atoms with Crippen molar-refractivity contribution in [2.45, 2.75) is 39.3 Å². The number of guanidine groups is 1. The first kappa shape index (κ1) is 22.2. The molecule has 156 valence electrons. The number of carbonyl (C=O) groups excluding carboxylic acids is 1. The number of hydrogen-bond donors (Lipinski definition) is 3. The number of hydrogen-bond acceptors (Lipinski definition) is 3. The molecular formula is C22H29FN4O2. The maximum atomic E-state index is 13.2. The summed E-state index contributed by atoms with van der Waals surface area (Å²) in [4.78, 5) is 16.0. The quantitative estimate of drug-likeness (QED) is 0.505. The van der Waals surface area contributed by atoms with Gasteiger partial charge in [0, 0.05) is 25.8 Å². The van der Waals surface area contributed by atoms with Crippen molar-refractivity contribution in [1.29, 1.82) is 0 Å². The summed E-state index contributed by atoms with van der Waals surface area (Å²) in [5.41, 5.74) is 2.12. The van der Waals surface area contributed by atoms with Crippen LogP contribution in [-0.2, 0) is 17.7 Å². The summed E-state index contributed by atoms with van der Waals surface area (Å²) in [6.07, 6.45) is 0.313. The van der Waals surface area contributed by atoms with Crippen molar-refractivity contribution in [3.8, 4) is 0 Å². The Morgan fingerprint density at radius 1 is 1.07 bits per heavy atom. The number of amides is 1. The molecule has 0 saturated heterocycles. The second-order valence-corrected chi connectivity index (χ2v) is 7.56. The molecule has 0 aliphatic rings. The number of benzene rings is 2. The monoisotopic (exact) mass is 400 g/mol. The molecule has 0 unspecified atom stereocenters. The molecule has 0 radical (unpaired) electrons. The van der Waals surface area contributed by atoms with Crippen LogP contribution in [0.25, 0.3) is 0 Å². The average Bonchev–Trinajstić information content (AvgIpc) is 2.64. The smallest absolute Gasteiger partial charge is 0.412 e. The highest BCUT2D eigenvalue weighted by Gasteiger charge is 2.16. The topological polar surface area (TPSA) is 74.8 Å². The Morgan fingerprint density at radius 2 is 1.79 bits per heavy atom. The van der Waals surface area contributed by atoms with E-state index >= 15 is 0 Å². The van der Waals surface area contributed by atoms with Crippen LogP contribution in [-0.4, -0.2) is 31.2 Å². The molecule has 2 rings (SSSR count). The van der Waals surface area contributed by atoms with Gasteiger partial charge in [-0.2, -0.15) is 0 Å². The Morgan fingerprint density at radius 3 is 2.41 bits per heavy atom. The summed E-state index contributed by atoms with van der Waals surface area (Å²) < 4.78 is 18.5. The van der Waals surface area contributed by atoms with Gasteiger partial charge in [0.25, 0.3) is 0 Å². The van der Waals surface area contributed by atoms with Crippen LogP contribution in [0.4, 0.5) is 14.9 Å². The van der Waals surface area contributed by atoms with Crippen molar-refractivity contribution in [3.63, 3.8) is 0 Å². The normalized spacial score (nSPS) is 11.7. The van der Waals surface area contributed by atoms with Crippen LogP contribution >= 0.6 is 0 Å². The van der Waals surface area contributed by atoms with E-state index in [0.29, 0.717) is 24.7 Å². The molecular weight excluding hydrogens is 371 g/mol. The number of rotatable bonds is 6. The molecule has 2 aromatic rings. The van der Waals surface area contributed by atoms with E-state index in [1.54, 1.807) is 13.1 Å². The first-order valence-electron chi connectivity index (χ1n) is 9.53. The lowest BCUT2D eigenvalue weighted by molar-refractivity contribution is 0.0636. The van der Waals surface area contributed by atoms with Crippen molar-refractivity contribution in [3.05, 3.63) is 65.5 Å². The zero-order chi connectivity index (χ0) is 21.3. The minimum atomic E-state index is -0.531. The van der Waals surface area contributed by atoms with Gasteiger partial charge in [0.05, 0.1) is 0 Å². The predicted octanol–water partition coefficient (Wildman–Crippen LogP) is 4.08. The number of carbonyl (C=O) groups is 1. The molecule has 0 saturated carbocycles. The van der Waals surface area contributed by atoms with Gasteiger partial charge < -0.3 is 15.4 Å². The average molecular weight is 400 g/mol. The van der Waals surface area contributed by atoms with Crippen molar-refractivity contribution in [2.24, 2.45) is 4.99 Å². The van der Waals surface area contributed by atoms with Crippen molar-refractivity contribution < 1.29 is 13.9 Å². The van der Waals surface area contributed by atoms with Gasteiger partial charge in [-0.3, -0.25) is 10.3 Å². The van der Waals surface area contributed by atoms with E-state index in [9.17, 15) is 9.18 Å². The summed E-state index contributed by atoms with van der Waals surface area (Å²) in [6.45, 7) is 6.64. The van der Waals surface area contributed by atoms with Gasteiger partial charge in [0.15, 0.2) is 5.96 Å². The first-order valence-corrected chi connectivity index (χ1v) is 9.53. The fraction of sp³-hybridized carbons (Fsp3) is 0.364. The molecule has 0 spiro atoms. The fourth-order valence-electron chi connectivity index (χ4n) is 2.55. The van der Waals surface area contributed by atoms with Crippen LogP contribution in [0.5, 0.6) is 0 Å². The van der Waals surface area contributed by atoms with Crippen LogP contribution in [0.3, 0.4) is 0 Å². The molecule has 1 amide bonds. The van der Waals surface area contributed by atoms with Crippen LogP contribution in [0.15, 0.2) is 53.5 Å². The summed E-state index contributed by atoms with van der Waals surface area (Å²) >= 11 is 0. The van der Waals surface area contributed by atoms with Crippen LogP contribution < -0.4 is 16.0 Å². The molecule has 2 aromatic carbocycles. The number of nitrogens with zero attached hydrogens (tertiary/aromatic N) is 1. The molecule has 7 heteroatoms. The third-order valence-corrected chi connectivity index (χ3v) is 3.88. The highest BCUT2D eigenvalue weighted by atomic mass is 19.1. The molecule has 0 fully saturated rings.